The summed E-state index contributed by atoms with van der Waals surface area (Å²) in [5.74, 6) is 0. The summed E-state index contributed by atoms with van der Waals surface area (Å²) in [5.41, 5.74) is 7.31. The minimum Gasteiger partial charge on any atom is -0.347 e. The highest BCUT2D eigenvalue weighted by atomic mass is 32.1. The van der Waals surface area contributed by atoms with Crippen LogP contribution in [0.2, 0.25) is 0 Å². The maximum atomic E-state index is 5.21. The van der Waals surface area contributed by atoms with Crippen molar-refractivity contribution in [2.24, 2.45) is 5.10 Å². The number of likely N-dealkylation sites (N-methyl/N-ethyl adjacent to an activating group) is 1. The van der Waals surface area contributed by atoms with Crippen molar-refractivity contribution < 1.29 is 0 Å². The number of hydrogen-bond acceptors (Lipinski definition) is 4. The van der Waals surface area contributed by atoms with Crippen LogP contribution in [0.25, 0.3) is 0 Å². The third kappa shape index (κ3) is 3.53. The van der Waals surface area contributed by atoms with Gasteiger partial charge in [0.2, 0.25) is 0 Å². The van der Waals surface area contributed by atoms with Gasteiger partial charge < -0.3 is 10.2 Å². The van der Waals surface area contributed by atoms with Gasteiger partial charge in [-0.15, -0.1) is 0 Å². The number of pyridine rings is 1. The Morgan fingerprint density at radius 2 is 2.04 bits per heavy atom. The van der Waals surface area contributed by atoms with E-state index in [1.807, 2.05) is 18.2 Å². The van der Waals surface area contributed by atoms with E-state index >= 15 is 0 Å². The summed E-state index contributed by atoms with van der Waals surface area (Å²) < 4.78 is 0. The largest absolute Gasteiger partial charge is 0.347 e. The molecule has 1 aromatic carbocycles. The van der Waals surface area contributed by atoms with Crippen LogP contribution in [0.15, 0.2) is 65.7 Å². The predicted molar refractivity (Wildman–Crippen MR) is 108 cm³/mol. The van der Waals surface area contributed by atoms with Gasteiger partial charge in [-0.05, 0) is 42.1 Å². The van der Waals surface area contributed by atoms with Crippen LogP contribution in [-0.2, 0) is 5.41 Å². The fourth-order valence-corrected chi connectivity index (χ4v) is 3.27. The summed E-state index contributed by atoms with van der Waals surface area (Å²) >= 11 is 5.21. The second kappa shape index (κ2) is 7.03. The zero-order chi connectivity index (χ0) is 17.9. The molecule has 6 heteroatoms. The number of nitrogens with one attached hydrogen (secondary N) is 2. The molecular weight excluding hydrogens is 330 g/mol. The molecule has 0 radical (unpaired) electrons. The number of nitrogens with zero attached hydrogens (tertiary/aromatic N) is 3. The standard InChI is InChI=1S/C19H21N5S/c1-19(2)15-8-4-5-9-16(15)24(3)17(19)10-12-21-23-18(25)22-14-7-6-11-20-13-14/h4-13H,1-3H3,(H2,22,23,25)/b17-10-,21-12-. The zero-order valence-electron chi connectivity index (χ0n) is 14.5. The van der Waals surface area contributed by atoms with Crippen LogP contribution in [0.5, 0.6) is 0 Å². The van der Waals surface area contributed by atoms with Crippen LogP contribution in [0.1, 0.15) is 19.4 Å². The first-order chi connectivity index (χ1) is 12.0. The van der Waals surface area contributed by atoms with E-state index in [-0.39, 0.29) is 5.41 Å². The smallest absolute Gasteiger partial charge is 0.191 e. The van der Waals surface area contributed by atoms with Crippen molar-refractivity contribution in [3.63, 3.8) is 0 Å². The van der Waals surface area contributed by atoms with E-state index in [0.29, 0.717) is 5.11 Å². The second-order valence-electron chi connectivity index (χ2n) is 6.34. The summed E-state index contributed by atoms with van der Waals surface area (Å²) in [5, 5.41) is 7.64. The highest BCUT2D eigenvalue weighted by Gasteiger charge is 2.37. The number of rotatable bonds is 3. The second-order valence-corrected chi connectivity index (χ2v) is 6.75. The van der Waals surface area contributed by atoms with Crippen molar-refractivity contribution in [3.05, 3.63) is 66.1 Å². The molecule has 1 aromatic heterocycles. The van der Waals surface area contributed by atoms with Crippen LogP contribution in [-0.4, -0.2) is 23.4 Å². The first kappa shape index (κ1) is 17.1. The number of benzene rings is 1. The van der Waals surface area contributed by atoms with Gasteiger partial charge in [0.25, 0.3) is 0 Å². The van der Waals surface area contributed by atoms with Crippen molar-refractivity contribution >= 4 is 34.9 Å². The summed E-state index contributed by atoms with van der Waals surface area (Å²) in [6.07, 6.45) is 7.16. The lowest BCUT2D eigenvalue weighted by Crippen LogP contribution is -2.24. The lowest BCUT2D eigenvalue weighted by Gasteiger charge is -2.23. The lowest BCUT2D eigenvalue weighted by molar-refractivity contribution is 0.641. The molecule has 1 aliphatic rings. The highest BCUT2D eigenvalue weighted by molar-refractivity contribution is 7.80. The summed E-state index contributed by atoms with van der Waals surface area (Å²) in [6.45, 7) is 4.44. The Morgan fingerprint density at radius 1 is 1.24 bits per heavy atom. The fraction of sp³-hybridized carbons (Fsp3) is 0.211. The SMILES string of the molecule is CN1/C(=C\C=N/NC(=S)Nc2cccnc2)C(C)(C)c2ccccc21. The van der Waals surface area contributed by atoms with Gasteiger partial charge in [-0.3, -0.25) is 10.4 Å². The first-order valence-electron chi connectivity index (χ1n) is 8.04. The van der Waals surface area contributed by atoms with Crippen molar-refractivity contribution in [3.8, 4) is 0 Å². The van der Waals surface area contributed by atoms with Crippen LogP contribution in [0.3, 0.4) is 0 Å². The Morgan fingerprint density at radius 3 is 2.76 bits per heavy atom. The van der Waals surface area contributed by atoms with Crippen LogP contribution >= 0.6 is 12.2 Å². The third-order valence-corrected chi connectivity index (χ3v) is 4.53. The van der Waals surface area contributed by atoms with Crippen molar-refractivity contribution in [1.82, 2.24) is 10.4 Å². The van der Waals surface area contributed by atoms with Crippen molar-refractivity contribution in [2.45, 2.75) is 19.3 Å². The van der Waals surface area contributed by atoms with Gasteiger partial charge in [0.15, 0.2) is 5.11 Å². The van der Waals surface area contributed by atoms with Gasteiger partial charge in [-0.2, -0.15) is 5.10 Å². The fourth-order valence-electron chi connectivity index (χ4n) is 3.10. The van der Waals surface area contributed by atoms with Gasteiger partial charge in [-0.1, -0.05) is 32.0 Å². The molecule has 25 heavy (non-hydrogen) atoms. The molecule has 2 heterocycles. The number of hydrazone groups is 1. The molecule has 0 saturated heterocycles. The molecular formula is C19H21N5S. The quantitative estimate of drug-likeness (QED) is 0.502. The maximum absolute atomic E-state index is 5.21. The first-order valence-corrected chi connectivity index (χ1v) is 8.45. The highest BCUT2D eigenvalue weighted by Crippen LogP contribution is 2.46. The van der Waals surface area contributed by atoms with Crippen LogP contribution in [0.4, 0.5) is 11.4 Å². The monoisotopic (exact) mass is 351 g/mol. The molecule has 3 rings (SSSR count). The predicted octanol–water partition coefficient (Wildman–Crippen LogP) is 3.67. The molecule has 1 aliphatic heterocycles. The van der Waals surface area contributed by atoms with E-state index in [1.54, 1.807) is 18.6 Å². The van der Waals surface area contributed by atoms with E-state index in [2.05, 4.69) is 70.9 Å². The van der Waals surface area contributed by atoms with E-state index in [9.17, 15) is 0 Å². The van der Waals surface area contributed by atoms with E-state index in [1.165, 1.54) is 16.9 Å². The van der Waals surface area contributed by atoms with Crippen molar-refractivity contribution in [2.75, 3.05) is 17.3 Å². The Labute approximate surface area is 153 Å². The molecule has 0 saturated carbocycles. The Balaban J connectivity index is 1.66. The Bertz CT molecular complexity index is 827. The Kier molecular flexibility index (Phi) is 4.81. The maximum Gasteiger partial charge on any atom is 0.191 e. The molecule has 0 spiro atoms. The van der Waals surface area contributed by atoms with Crippen molar-refractivity contribution in [1.29, 1.82) is 0 Å². The molecule has 0 bridgehead atoms. The molecule has 0 atom stereocenters. The van der Waals surface area contributed by atoms with Crippen LogP contribution < -0.4 is 15.6 Å². The number of anilines is 2. The van der Waals surface area contributed by atoms with Gasteiger partial charge in [-0.25, -0.2) is 0 Å². The van der Waals surface area contributed by atoms with Gasteiger partial charge in [0, 0.05) is 36.3 Å². The van der Waals surface area contributed by atoms with E-state index in [4.69, 9.17) is 12.2 Å². The third-order valence-electron chi connectivity index (χ3n) is 4.33. The molecule has 0 unspecified atom stereocenters. The normalized spacial score (nSPS) is 16.9. The molecule has 128 valence electrons. The molecule has 5 nitrogen and oxygen atoms in total. The summed E-state index contributed by atoms with van der Waals surface area (Å²) in [4.78, 5) is 6.23. The number of allylic oxidation sites excluding steroid dienone is 2. The average molecular weight is 351 g/mol. The average Bonchev–Trinajstić information content (AvgIpc) is 2.80. The summed E-state index contributed by atoms with van der Waals surface area (Å²) in [7, 11) is 2.08. The number of para-hydroxylation sites is 1. The lowest BCUT2D eigenvalue weighted by atomic mass is 9.84. The molecule has 2 N–H and O–H groups in total. The summed E-state index contributed by atoms with van der Waals surface area (Å²) in [6, 6.07) is 12.2. The van der Waals surface area contributed by atoms with Gasteiger partial charge in [0.1, 0.15) is 0 Å². The van der Waals surface area contributed by atoms with Gasteiger partial charge in [0.05, 0.1) is 11.9 Å². The number of fused-ring (bicyclic) bond motifs is 1. The minimum absolute atomic E-state index is 0.0637. The molecule has 0 fully saturated rings. The number of aromatic nitrogens is 1. The van der Waals surface area contributed by atoms with E-state index < -0.39 is 0 Å². The van der Waals surface area contributed by atoms with Gasteiger partial charge >= 0.3 is 0 Å². The topological polar surface area (TPSA) is 52.5 Å². The Hall–Kier alpha value is -2.73. The molecule has 0 amide bonds. The zero-order valence-corrected chi connectivity index (χ0v) is 15.3. The molecule has 2 aromatic rings. The minimum atomic E-state index is -0.0637. The molecule has 0 aliphatic carbocycles. The van der Waals surface area contributed by atoms with Crippen LogP contribution in [0, 0.1) is 0 Å². The number of hydrogen-bond donors (Lipinski definition) is 2. The number of thiocarbonyl (C=S) groups is 1. The van der Waals surface area contributed by atoms with E-state index in [0.717, 1.165) is 5.69 Å².